The van der Waals surface area contributed by atoms with E-state index in [2.05, 4.69) is 6.58 Å². The first-order chi connectivity index (χ1) is 8.73. The molecule has 0 aliphatic carbocycles. The first kappa shape index (κ1) is 14.8. The monoisotopic (exact) mass is 263 g/mol. The maximum absolute atomic E-state index is 12.0. The van der Waals surface area contributed by atoms with Gasteiger partial charge in [-0.25, -0.2) is 9.59 Å². The molecular formula is C14H17NO4. The number of esters is 2. The van der Waals surface area contributed by atoms with Crippen molar-refractivity contribution in [3.63, 3.8) is 0 Å². The summed E-state index contributed by atoms with van der Waals surface area (Å²) in [6, 6.07) is 4.37. The highest BCUT2D eigenvalue weighted by atomic mass is 16.6. The van der Waals surface area contributed by atoms with Gasteiger partial charge in [-0.2, -0.15) is 0 Å². The van der Waals surface area contributed by atoms with E-state index >= 15 is 0 Å². The summed E-state index contributed by atoms with van der Waals surface area (Å²) in [5.41, 5.74) is 5.45. The topological polar surface area (TPSA) is 78.6 Å². The van der Waals surface area contributed by atoms with E-state index in [4.69, 9.17) is 15.2 Å². The van der Waals surface area contributed by atoms with Crippen molar-refractivity contribution in [3.8, 4) is 5.75 Å². The number of hydrogen-bond donors (Lipinski definition) is 1. The minimum Gasteiger partial charge on any atom is -0.456 e. The zero-order valence-electron chi connectivity index (χ0n) is 11.2. The zero-order chi connectivity index (χ0) is 14.6. The first-order valence-electron chi connectivity index (χ1n) is 5.70. The molecule has 0 saturated carbocycles. The van der Waals surface area contributed by atoms with Gasteiger partial charge in [0.25, 0.3) is 0 Å². The summed E-state index contributed by atoms with van der Waals surface area (Å²) in [5.74, 6) is -1.17. The van der Waals surface area contributed by atoms with Gasteiger partial charge in [-0.15, -0.1) is 0 Å². The Morgan fingerprint density at radius 2 is 1.95 bits per heavy atom. The van der Waals surface area contributed by atoms with Crippen LogP contribution in [0.15, 0.2) is 30.9 Å². The number of nitrogen functional groups attached to an aromatic ring is 1. The number of carbonyl (C=O) groups is 2. The molecule has 0 aliphatic heterocycles. The average Bonchev–Trinajstić information content (AvgIpc) is 2.29. The molecule has 0 heterocycles. The van der Waals surface area contributed by atoms with Gasteiger partial charge in [0.05, 0.1) is 0 Å². The fraction of sp³-hybridized carbons (Fsp3) is 0.286. The Bertz CT molecular complexity index is 515. The Morgan fingerprint density at radius 1 is 1.32 bits per heavy atom. The van der Waals surface area contributed by atoms with Crippen molar-refractivity contribution in [1.82, 2.24) is 0 Å². The predicted molar refractivity (Wildman–Crippen MR) is 71.9 cm³/mol. The Hall–Kier alpha value is -2.30. The molecule has 19 heavy (non-hydrogen) atoms. The highest BCUT2D eigenvalue weighted by Gasteiger charge is 2.22. The van der Waals surface area contributed by atoms with Crippen LogP contribution < -0.4 is 10.5 Å². The maximum atomic E-state index is 12.0. The van der Waals surface area contributed by atoms with Crippen LogP contribution in [0.2, 0.25) is 0 Å². The van der Waals surface area contributed by atoms with Crippen LogP contribution in [0.5, 0.6) is 5.75 Å². The quantitative estimate of drug-likeness (QED) is 0.392. The molecule has 2 N–H and O–H groups in total. The molecule has 0 unspecified atom stereocenters. The zero-order valence-corrected chi connectivity index (χ0v) is 11.2. The van der Waals surface area contributed by atoms with Crippen LogP contribution in [0.25, 0.3) is 0 Å². The highest BCUT2D eigenvalue weighted by Crippen LogP contribution is 2.24. The van der Waals surface area contributed by atoms with Crippen molar-refractivity contribution in [3.05, 3.63) is 36.4 Å². The number of hydrogen-bond acceptors (Lipinski definition) is 5. The van der Waals surface area contributed by atoms with Crippen molar-refractivity contribution in [2.75, 3.05) is 5.73 Å². The third-order valence-corrected chi connectivity index (χ3v) is 2.00. The third-order valence-electron chi connectivity index (χ3n) is 2.00. The lowest BCUT2D eigenvalue weighted by molar-refractivity contribution is -0.128. The summed E-state index contributed by atoms with van der Waals surface area (Å²) in [4.78, 5) is 23.2. The van der Waals surface area contributed by atoms with Crippen LogP contribution in [0.1, 0.15) is 31.1 Å². The molecule has 1 rings (SSSR count). The molecule has 5 nitrogen and oxygen atoms in total. The van der Waals surface area contributed by atoms with E-state index in [-0.39, 0.29) is 11.3 Å². The lowest BCUT2D eigenvalue weighted by atomic mass is 10.1. The van der Waals surface area contributed by atoms with Crippen LogP contribution in [-0.4, -0.2) is 17.5 Å². The number of anilines is 1. The summed E-state index contributed by atoms with van der Waals surface area (Å²) in [6.45, 7) is 8.52. The second-order valence-corrected chi connectivity index (χ2v) is 4.88. The number of benzene rings is 1. The van der Waals surface area contributed by atoms with Gasteiger partial charge in [0.15, 0.2) is 0 Å². The van der Waals surface area contributed by atoms with E-state index in [1.165, 1.54) is 18.2 Å². The minimum atomic E-state index is -0.658. The van der Waals surface area contributed by atoms with Gasteiger partial charge in [-0.05, 0) is 39.0 Å². The standard InChI is InChI=1S/C14H17NO4/c1-5-12(16)18-11-7-6-9(15)8-10(11)13(17)19-14(2,3)4/h5-8H,1,15H2,2-4H3. The first-order valence-corrected chi connectivity index (χ1v) is 5.70. The fourth-order valence-electron chi connectivity index (χ4n) is 1.28. The molecule has 1 aromatic carbocycles. The summed E-state index contributed by atoms with van der Waals surface area (Å²) in [7, 11) is 0. The van der Waals surface area contributed by atoms with Gasteiger partial charge >= 0.3 is 11.9 Å². The molecule has 0 fully saturated rings. The van der Waals surface area contributed by atoms with Gasteiger partial charge in [0, 0.05) is 11.8 Å². The molecule has 0 atom stereocenters. The summed E-state index contributed by atoms with van der Waals surface area (Å²) >= 11 is 0. The van der Waals surface area contributed by atoms with Gasteiger partial charge in [0.2, 0.25) is 0 Å². The predicted octanol–water partition coefficient (Wildman–Crippen LogP) is 2.32. The number of carbonyl (C=O) groups excluding carboxylic acids is 2. The van der Waals surface area contributed by atoms with E-state index in [9.17, 15) is 9.59 Å². The molecule has 0 saturated heterocycles. The number of rotatable bonds is 3. The van der Waals surface area contributed by atoms with Crippen molar-refractivity contribution >= 4 is 17.6 Å². The molecule has 0 radical (unpaired) electrons. The molecule has 0 bridgehead atoms. The van der Waals surface area contributed by atoms with E-state index in [1.54, 1.807) is 20.8 Å². The number of nitrogens with two attached hydrogens (primary N) is 1. The van der Waals surface area contributed by atoms with Crippen LogP contribution >= 0.6 is 0 Å². The smallest absolute Gasteiger partial charge is 0.342 e. The van der Waals surface area contributed by atoms with Crippen molar-refractivity contribution in [2.45, 2.75) is 26.4 Å². The molecule has 5 heteroatoms. The van der Waals surface area contributed by atoms with E-state index in [1.807, 2.05) is 0 Å². The van der Waals surface area contributed by atoms with Crippen LogP contribution in [0, 0.1) is 0 Å². The summed E-state index contributed by atoms with van der Waals surface area (Å²) < 4.78 is 10.2. The molecule has 0 aliphatic rings. The van der Waals surface area contributed by atoms with Crippen molar-refractivity contribution in [2.24, 2.45) is 0 Å². The lowest BCUT2D eigenvalue weighted by Crippen LogP contribution is -2.24. The van der Waals surface area contributed by atoms with Gasteiger partial charge < -0.3 is 15.2 Å². The second kappa shape index (κ2) is 5.56. The Morgan fingerprint density at radius 3 is 2.47 bits per heavy atom. The van der Waals surface area contributed by atoms with Crippen molar-refractivity contribution in [1.29, 1.82) is 0 Å². The summed E-state index contributed by atoms with van der Waals surface area (Å²) in [6.07, 6.45) is 1.01. The Labute approximate surface area is 112 Å². The van der Waals surface area contributed by atoms with Gasteiger partial charge in [-0.3, -0.25) is 0 Å². The van der Waals surface area contributed by atoms with E-state index in [0.29, 0.717) is 5.69 Å². The maximum Gasteiger partial charge on any atom is 0.342 e. The normalized spacial score (nSPS) is 10.7. The average molecular weight is 263 g/mol. The lowest BCUT2D eigenvalue weighted by Gasteiger charge is -2.20. The highest BCUT2D eigenvalue weighted by molar-refractivity contribution is 5.95. The molecule has 0 spiro atoms. The van der Waals surface area contributed by atoms with Crippen molar-refractivity contribution < 1.29 is 19.1 Å². The fourth-order valence-corrected chi connectivity index (χ4v) is 1.28. The van der Waals surface area contributed by atoms with Gasteiger partial charge in [-0.1, -0.05) is 6.58 Å². The minimum absolute atomic E-state index is 0.0911. The van der Waals surface area contributed by atoms with Crippen LogP contribution in [-0.2, 0) is 9.53 Å². The number of ether oxygens (including phenoxy) is 2. The van der Waals surface area contributed by atoms with E-state index < -0.39 is 17.5 Å². The SMILES string of the molecule is C=CC(=O)Oc1ccc(N)cc1C(=O)OC(C)(C)C. The molecule has 102 valence electrons. The summed E-state index contributed by atoms with van der Waals surface area (Å²) in [5, 5.41) is 0. The van der Waals surface area contributed by atoms with Crippen LogP contribution in [0.3, 0.4) is 0 Å². The Balaban J connectivity index is 3.10. The Kier molecular flexibility index (Phi) is 4.32. The molecule has 0 aromatic heterocycles. The molecular weight excluding hydrogens is 246 g/mol. The van der Waals surface area contributed by atoms with Crippen LogP contribution in [0.4, 0.5) is 5.69 Å². The van der Waals surface area contributed by atoms with E-state index in [0.717, 1.165) is 6.08 Å². The largest absolute Gasteiger partial charge is 0.456 e. The molecule has 1 aromatic rings. The second-order valence-electron chi connectivity index (χ2n) is 4.88. The molecule has 0 amide bonds. The van der Waals surface area contributed by atoms with Gasteiger partial charge in [0.1, 0.15) is 16.9 Å². The third kappa shape index (κ3) is 4.46.